The van der Waals surface area contributed by atoms with E-state index in [4.69, 9.17) is 19.9 Å². The number of nitrogens with two attached hydrogens (primary N) is 1. The molecule has 0 fully saturated rings. The van der Waals surface area contributed by atoms with Gasteiger partial charge in [0.1, 0.15) is 18.0 Å². The highest BCUT2D eigenvalue weighted by Gasteiger charge is 2.14. The summed E-state index contributed by atoms with van der Waals surface area (Å²) in [6.45, 7) is -0.597. The molecule has 0 aliphatic heterocycles. The molecule has 0 atom stereocenters. The molecule has 0 saturated carbocycles. The maximum Gasteiger partial charge on any atom is 0.325 e. The van der Waals surface area contributed by atoms with Gasteiger partial charge in [-0.2, -0.15) is 15.0 Å². The smallest absolute Gasteiger partial charge is 0.325 e. The minimum absolute atomic E-state index is 0.0482. The van der Waals surface area contributed by atoms with E-state index < -0.39 is 11.9 Å². The highest BCUT2D eigenvalue weighted by atomic mass is 16.5. The third-order valence-electron chi connectivity index (χ3n) is 4.16. The molecule has 0 unspecified atom stereocenters. The number of hydrogen-bond acceptors (Lipinski definition) is 10. The number of hydrogen-bond donors (Lipinski definition) is 3. The molecule has 1 heterocycles. The first-order valence-electron chi connectivity index (χ1n) is 9.47. The number of nitrogens with zero attached hydrogens (tertiary/aromatic N) is 3. The Morgan fingerprint density at radius 3 is 2.38 bits per heavy atom. The number of esters is 1. The zero-order chi connectivity index (χ0) is 22.9. The van der Waals surface area contributed by atoms with Crippen molar-refractivity contribution in [3.8, 4) is 11.5 Å². The predicted octanol–water partition coefficient (Wildman–Crippen LogP) is 1.69. The van der Waals surface area contributed by atoms with E-state index in [1.165, 1.54) is 7.11 Å². The van der Waals surface area contributed by atoms with E-state index in [2.05, 4.69) is 25.6 Å². The number of methoxy groups -OCH3 is 2. The Hall–Kier alpha value is -4.41. The standard InChI is InChI=1S/C21H22N6O5/c1-30-15-9-5-3-7-13(15)19(29)23-11-18(28)32-12-17-25-20(22)27-21(26-17)24-14-8-4-6-10-16(14)31-2/h3-10H,11-12H2,1-2H3,(H,23,29)(H3,22,24,25,26,27). The molecule has 2 aromatic carbocycles. The van der Waals surface area contributed by atoms with Gasteiger partial charge in [0.25, 0.3) is 5.91 Å². The molecule has 3 aromatic rings. The van der Waals surface area contributed by atoms with Crippen molar-refractivity contribution in [2.24, 2.45) is 0 Å². The van der Waals surface area contributed by atoms with E-state index in [9.17, 15) is 9.59 Å². The van der Waals surface area contributed by atoms with Crippen molar-refractivity contribution in [2.75, 3.05) is 31.8 Å². The van der Waals surface area contributed by atoms with Gasteiger partial charge in [-0.25, -0.2) is 0 Å². The SMILES string of the molecule is COc1ccccc1Nc1nc(N)nc(COC(=O)CNC(=O)c2ccccc2OC)n1. The Bertz CT molecular complexity index is 1110. The van der Waals surface area contributed by atoms with Crippen LogP contribution in [0.4, 0.5) is 17.6 Å². The summed E-state index contributed by atoms with van der Waals surface area (Å²) in [7, 11) is 3.00. The number of carbonyl (C=O) groups excluding carboxylic acids is 2. The molecular formula is C21H22N6O5. The van der Waals surface area contributed by atoms with Crippen LogP contribution in [0.3, 0.4) is 0 Å². The summed E-state index contributed by atoms with van der Waals surface area (Å²) in [5.74, 6) is 0.0997. The number of nitrogens with one attached hydrogen (secondary N) is 2. The molecule has 0 spiro atoms. The summed E-state index contributed by atoms with van der Waals surface area (Å²) in [4.78, 5) is 36.5. The zero-order valence-electron chi connectivity index (χ0n) is 17.5. The Morgan fingerprint density at radius 1 is 0.938 bits per heavy atom. The first-order valence-corrected chi connectivity index (χ1v) is 9.47. The molecule has 1 aromatic heterocycles. The zero-order valence-corrected chi connectivity index (χ0v) is 17.5. The fourth-order valence-corrected chi connectivity index (χ4v) is 2.70. The molecule has 0 aliphatic rings. The summed E-state index contributed by atoms with van der Waals surface area (Å²) >= 11 is 0. The van der Waals surface area contributed by atoms with Gasteiger partial charge >= 0.3 is 5.97 Å². The Labute approximate surface area is 183 Å². The number of benzene rings is 2. The van der Waals surface area contributed by atoms with E-state index in [1.807, 2.05) is 12.1 Å². The van der Waals surface area contributed by atoms with Crippen molar-refractivity contribution < 1.29 is 23.8 Å². The molecule has 4 N–H and O–H groups in total. The molecule has 32 heavy (non-hydrogen) atoms. The first kappa shape index (κ1) is 22.3. The molecular weight excluding hydrogens is 416 g/mol. The number of carbonyl (C=O) groups is 2. The highest BCUT2D eigenvalue weighted by Crippen LogP contribution is 2.25. The molecule has 0 radical (unpaired) electrons. The van der Waals surface area contributed by atoms with E-state index >= 15 is 0 Å². The normalized spacial score (nSPS) is 10.2. The van der Waals surface area contributed by atoms with Crippen LogP contribution < -0.4 is 25.8 Å². The fourth-order valence-electron chi connectivity index (χ4n) is 2.70. The summed E-state index contributed by atoms with van der Waals surface area (Å²) < 4.78 is 15.5. The van der Waals surface area contributed by atoms with Crippen molar-refractivity contribution in [3.63, 3.8) is 0 Å². The summed E-state index contributed by atoms with van der Waals surface area (Å²) in [6, 6.07) is 13.9. The van der Waals surface area contributed by atoms with Crippen LogP contribution in [0.5, 0.6) is 11.5 Å². The first-order chi connectivity index (χ1) is 15.5. The van der Waals surface area contributed by atoms with Gasteiger partial charge in [-0.1, -0.05) is 24.3 Å². The third-order valence-corrected chi connectivity index (χ3v) is 4.16. The van der Waals surface area contributed by atoms with Crippen molar-refractivity contribution >= 4 is 29.5 Å². The van der Waals surface area contributed by atoms with Crippen LogP contribution in [-0.2, 0) is 16.1 Å². The van der Waals surface area contributed by atoms with Crippen LogP contribution in [0, 0.1) is 0 Å². The maximum atomic E-state index is 12.3. The minimum Gasteiger partial charge on any atom is -0.496 e. The summed E-state index contributed by atoms with van der Waals surface area (Å²) in [5.41, 5.74) is 6.67. The lowest BCUT2D eigenvalue weighted by Gasteiger charge is -2.11. The Kier molecular flexibility index (Phi) is 7.36. The lowest BCUT2D eigenvalue weighted by Crippen LogP contribution is -2.31. The Balaban J connectivity index is 1.57. The third kappa shape index (κ3) is 5.81. The van der Waals surface area contributed by atoms with E-state index in [0.29, 0.717) is 22.7 Å². The van der Waals surface area contributed by atoms with Crippen LogP contribution in [-0.4, -0.2) is 47.6 Å². The fraction of sp³-hybridized carbons (Fsp3) is 0.190. The molecule has 0 aliphatic carbocycles. The van der Waals surface area contributed by atoms with Gasteiger partial charge in [-0.05, 0) is 24.3 Å². The molecule has 0 saturated heterocycles. The van der Waals surface area contributed by atoms with Gasteiger partial charge in [0.2, 0.25) is 11.9 Å². The number of aromatic nitrogens is 3. The number of anilines is 3. The predicted molar refractivity (Wildman–Crippen MR) is 116 cm³/mol. The average molecular weight is 438 g/mol. The van der Waals surface area contributed by atoms with E-state index in [-0.39, 0.29) is 30.9 Å². The van der Waals surface area contributed by atoms with Gasteiger partial charge in [-0.15, -0.1) is 0 Å². The minimum atomic E-state index is -0.675. The molecule has 11 nitrogen and oxygen atoms in total. The second kappa shape index (κ2) is 10.6. The summed E-state index contributed by atoms with van der Waals surface area (Å²) in [5, 5.41) is 5.47. The van der Waals surface area contributed by atoms with Crippen molar-refractivity contribution in [2.45, 2.75) is 6.61 Å². The monoisotopic (exact) mass is 438 g/mol. The number of amides is 1. The second-order valence-corrected chi connectivity index (χ2v) is 6.30. The second-order valence-electron chi connectivity index (χ2n) is 6.30. The number of rotatable bonds is 9. The van der Waals surface area contributed by atoms with Gasteiger partial charge in [0.15, 0.2) is 12.4 Å². The molecule has 11 heteroatoms. The number of ether oxygens (including phenoxy) is 3. The van der Waals surface area contributed by atoms with Crippen LogP contribution in [0.25, 0.3) is 0 Å². The van der Waals surface area contributed by atoms with Crippen molar-refractivity contribution in [1.29, 1.82) is 0 Å². The van der Waals surface area contributed by atoms with Gasteiger partial charge in [0.05, 0.1) is 25.5 Å². The van der Waals surface area contributed by atoms with Crippen LogP contribution in [0.2, 0.25) is 0 Å². The quantitative estimate of drug-likeness (QED) is 0.421. The molecule has 0 bridgehead atoms. The summed E-state index contributed by atoms with van der Waals surface area (Å²) in [6.07, 6.45) is 0. The highest BCUT2D eigenvalue weighted by molar-refractivity contribution is 5.98. The molecule has 1 amide bonds. The number of para-hydroxylation sites is 3. The van der Waals surface area contributed by atoms with Gasteiger partial charge in [0, 0.05) is 0 Å². The van der Waals surface area contributed by atoms with Crippen LogP contribution in [0.1, 0.15) is 16.2 Å². The van der Waals surface area contributed by atoms with Gasteiger partial charge < -0.3 is 30.6 Å². The topological polar surface area (TPSA) is 151 Å². The lowest BCUT2D eigenvalue weighted by molar-refractivity contribution is -0.143. The van der Waals surface area contributed by atoms with E-state index in [1.54, 1.807) is 43.5 Å². The van der Waals surface area contributed by atoms with Crippen LogP contribution in [0.15, 0.2) is 48.5 Å². The lowest BCUT2D eigenvalue weighted by atomic mass is 10.2. The van der Waals surface area contributed by atoms with Gasteiger partial charge in [-0.3, -0.25) is 9.59 Å². The van der Waals surface area contributed by atoms with Crippen LogP contribution >= 0.6 is 0 Å². The van der Waals surface area contributed by atoms with Crippen molar-refractivity contribution in [3.05, 3.63) is 59.9 Å². The Morgan fingerprint density at radius 2 is 1.62 bits per heavy atom. The largest absolute Gasteiger partial charge is 0.496 e. The molecule has 3 rings (SSSR count). The number of nitrogen functional groups attached to an aromatic ring is 1. The average Bonchev–Trinajstić information content (AvgIpc) is 2.81. The van der Waals surface area contributed by atoms with E-state index in [0.717, 1.165) is 0 Å². The molecule has 166 valence electrons. The maximum absolute atomic E-state index is 12.3. The van der Waals surface area contributed by atoms with Crippen molar-refractivity contribution in [1.82, 2.24) is 20.3 Å².